The zero-order valence-electron chi connectivity index (χ0n) is 3.63. The summed E-state index contributed by atoms with van der Waals surface area (Å²) in [7, 11) is 0. The molecule has 0 unspecified atom stereocenters. The van der Waals surface area contributed by atoms with Crippen LogP contribution in [0.25, 0.3) is 0 Å². The maximum absolute atomic E-state index is 9.43. The summed E-state index contributed by atoms with van der Waals surface area (Å²) in [6.45, 7) is 0. The lowest BCUT2D eigenvalue weighted by Gasteiger charge is -1.50. The second kappa shape index (κ2) is 4.86. The molecule has 0 rings (SSSR count). The fourth-order valence-corrected chi connectivity index (χ4v) is 0.134. The number of allylic oxidation sites excluding steroid dienone is 1. The first kappa shape index (κ1) is 5.86. The average molecular weight is 96.1 g/mol. The van der Waals surface area contributed by atoms with Crippen LogP contribution in [0, 0.1) is 0 Å². The van der Waals surface area contributed by atoms with Crippen molar-refractivity contribution in [1.82, 2.24) is 0 Å². The Labute approximate surface area is 41.1 Å². The lowest BCUT2D eigenvalue weighted by molar-refractivity contribution is -0.104. The van der Waals surface area contributed by atoms with E-state index in [0.29, 0.717) is 12.6 Å². The Kier molecular flexibility index (Phi) is 4.07. The lowest BCUT2D eigenvalue weighted by atomic mass is 10.6. The van der Waals surface area contributed by atoms with E-state index >= 15 is 0 Å². The van der Waals surface area contributed by atoms with Crippen LogP contribution in [0.3, 0.4) is 0 Å². The Balaban J connectivity index is 3.61. The molecular weight excluding hydrogens is 92.1 g/mol. The maximum Gasteiger partial charge on any atom is 0.150 e. The highest BCUT2D eigenvalue weighted by Gasteiger charge is 1.53. The molecule has 0 bridgehead atoms. The Morgan fingerprint density at radius 3 is 1.71 bits per heavy atom. The first-order valence-electron chi connectivity index (χ1n) is 1.72. The van der Waals surface area contributed by atoms with Gasteiger partial charge in [0.2, 0.25) is 0 Å². The Bertz CT molecular complexity index is 106. The number of carbonyl (C=O) groups is 2. The van der Waals surface area contributed by atoms with Crippen LogP contribution in [0.5, 0.6) is 0 Å². The van der Waals surface area contributed by atoms with Gasteiger partial charge in [0.1, 0.15) is 0 Å². The third kappa shape index (κ3) is 4.86. The predicted molar refractivity (Wildman–Crippen MR) is 24.8 cm³/mol. The van der Waals surface area contributed by atoms with Gasteiger partial charge in [0, 0.05) is 12.2 Å². The molecule has 0 aromatic rings. The number of hydrogen-bond acceptors (Lipinski definition) is 2. The van der Waals surface area contributed by atoms with Crippen LogP contribution in [0.4, 0.5) is 0 Å². The van der Waals surface area contributed by atoms with Crippen molar-refractivity contribution in [2.24, 2.45) is 0 Å². The second-order valence-electron chi connectivity index (χ2n) is 0.772. The van der Waals surface area contributed by atoms with Crippen molar-refractivity contribution in [1.29, 1.82) is 0 Å². The van der Waals surface area contributed by atoms with E-state index in [2.05, 4.69) is 5.73 Å². The van der Waals surface area contributed by atoms with Crippen LogP contribution in [-0.4, -0.2) is 12.6 Å². The van der Waals surface area contributed by atoms with Crippen LogP contribution < -0.4 is 0 Å². The predicted octanol–water partition coefficient (Wildman–Crippen LogP) is 0.0955. The van der Waals surface area contributed by atoms with Crippen molar-refractivity contribution in [2.75, 3.05) is 0 Å². The summed E-state index contributed by atoms with van der Waals surface area (Å²) in [5.41, 5.74) is 2.30. The van der Waals surface area contributed by atoms with E-state index in [1.54, 1.807) is 0 Å². The fourth-order valence-electron chi connectivity index (χ4n) is 0.134. The van der Waals surface area contributed by atoms with Crippen molar-refractivity contribution in [3.8, 4) is 0 Å². The van der Waals surface area contributed by atoms with Crippen molar-refractivity contribution in [2.45, 2.75) is 0 Å². The second-order valence-corrected chi connectivity index (χ2v) is 0.772. The highest BCUT2D eigenvalue weighted by Crippen LogP contribution is 1.54. The topological polar surface area (TPSA) is 34.1 Å². The highest BCUT2D eigenvalue weighted by molar-refractivity contribution is 5.68. The van der Waals surface area contributed by atoms with Gasteiger partial charge in [-0.3, -0.25) is 9.59 Å². The zero-order valence-corrected chi connectivity index (χ0v) is 3.63. The summed E-state index contributed by atoms with van der Waals surface area (Å²) in [6, 6.07) is 0. The van der Waals surface area contributed by atoms with Gasteiger partial charge in [0.05, 0.1) is 0 Å². The van der Waals surface area contributed by atoms with Gasteiger partial charge in [-0.25, -0.2) is 0 Å². The van der Waals surface area contributed by atoms with E-state index in [0.717, 1.165) is 12.2 Å². The van der Waals surface area contributed by atoms with Gasteiger partial charge in [-0.2, -0.15) is 0 Å². The van der Waals surface area contributed by atoms with Crippen molar-refractivity contribution < 1.29 is 9.59 Å². The molecule has 0 N–H and O–H groups in total. The van der Waals surface area contributed by atoms with E-state index in [9.17, 15) is 9.59 Å². The molecule has 0 aromatic carbocycles. The normalized spacial score (nSPS) is 5.71. The van der Waals surface area contributed by atoms with Gasteiger partial charge in [-0.05, 0) is 0 Å². The minimum atomic E-state index is 0.556. The van der Waals surface area contributed by atoms with Crippen LogP contribution in [0.1, 0.15) is 0 Å². The van der Waals surface area contributed by atoms with Gasteiger partial charge in [-0.15, -0.1) is 5.73 Å². The molecule has 0 spiro atoms. The van der Waals surface area contributed by atoms with E-state index in [1.807, 2.05) is 0 Å². The quantitative estimate of drug-likeness (QED) is 0.277. The third-order valence-corrected chi connectivity index (χ3v) is 0.329. The first-order valence-corrected chi connectivity index (χ1v) is 1.72. The Hall–Kier alpha value is -1.14. The van der Waals surface area contributed by atoms with E-state index in [1.165, 1.54) is 0 Å². The molecule has 0 amide bonds. The van der Waals surface area contributed by atoms with Gasteiger partial charge >= 0.3 is 0 Å². The molecule has 0 fully saturated rings. The molecule has 0 aliphatic carbocycles. The van der Waals surface area contributed by atoms with Crippen LogP contribution in [0.15, 0.2) is 17.9 Å². The van der Waals surface area contributed by atoms with E-state index in [-0.39, 0.29) is 0 Å². The number of carbonyl (C=O) groups excluding carboxylic acids is 2. The van der Waals surface area contributed by atoms with Crippen molar-refractivity contribution in [3.05, 3.63) is 17.9 Å². The molecule has 0 aliphatic heterocycles. The number of hydrogen-bond donors (Lipinski definition) is 0. The monoisotopic (exact) mass is 96.0 g/mol. The molecule has 2 nitrogen and oxygen atoms in total. The van der Waals surface area contributed by atoms with Crippen LogP contribution in [-0.2, 0) is 9.59 Å². The summed E-state index contributed by atoms with van der Waals surface area (Å²) in [6.07, 6.45) is 3.35. The maximum atomic E-state index is 9.43. The number of rotatable bonds is 2. The van der Waals surface area contributed by atoms with Crippen molar-refractivity contribution in [3.63, 3.8) is 0 Å². The summed E-state index contributed by atoms with van der Waals surface area (Å²) < 4.78 is 0. The molecule has 36 valence electrons. The molecule has 0 heterocycles. The van der Waals surface area contributed by atoms with Crippen LogP contribution in [0.2, 0.25) is 0 Å². The Morgan fingerprint density at radius 2 is 1.43 bits per heavy atom. The highest BCUT2D eigenvalue weighted by atomic mass is 16.1. The van der Waals surface area contributed by atoms with Gasteiger partial charge in [0.15, 0.2) is 12.6 Å². The summed E-state index contributed by atoms with van der Waals surface area (Å²) in [4.78, 5) is 18.9. The largest absolute Gasteiger partial charge is 0.298 e. The molecule has 7 heavy (non-hydrogen) atoms. The Morgan fingerprint density at radius 1 is 1.00 bits per heavy atom. The average Bonchev–Trinajstić information content (AvgIpc) is 1.69. The summed E-state index contributed by atoms with van der Waals surface area (Å²) in [5.74, 6) is 0. The molecule has 0 aromatic heterocycles. The molecule has 0 atom stereocenters. The summed E-state index contributed by atoms with van der Waals surface area (Å²) >= 11 is 0. The van der Waals surface area contributed by atoms with Gasteiger partial charge < -0.3 is 0 Å². The zero-order chi connectivity index (χ0) is 5.54. The van der Waals surface area contributed by atoms with Crippen LogP contribution >= 0.6 is 0 Å². The molecule has 0 saturated heterocycles. The van der Waals surface area contributed by atoms with Crippen molar-refractivity contribution >= 4 is 12.6 Å². The number of aldehydes is 2. The lowest BCUT2D eigenvalue weighted by Crippen LogP contribution is -1.54. The minimum absolute atomic E-state index is 0.556. The smallest absolute Gasteiger partial charge is 0.150 e. The van der Waals surface area contributed by atoms with E-state index in [4.69, 9.17) is 0 Å². The fraction of sp³-hybridized carbons (Fsp3) is 0. The van der Waals surface area contributed by atoms with Gasteiger partial charge in [-0.1, -0.05) is 0 Å². The SMILES string of the molecule is O=CC=C=CC=O. The van der Waals surface area contributed by atoms with E-state index < -0.39 is 0 Å². The third-order valence-electron chi connectivity index (χ3n) is 0.329. The molecule has 0 aliphatic rings. The molecule has 2 heteroatoms. The minimum Gasteiger partial charge on any atom is -0.298 e. The summed E-state index contributed by atoms with van der Waals surface area (Å²) in [5, 5.41) is 0. The molecule has 0 radical (unpaired) electrons. The molecular formula is C5H4O2. The standard InChI is InChI=1S/C5H4O2/c6-4-2-1-3-5-7/h2-5H. The first-order chi connectivity index (χ1) is 3.41. The molecule has 0 saturated carbocycles. The van der Waals surface area contributed by atoms with Gasteiger partial charge in [0.25, 0.3) is 0 Å².